The molecule has 0 bridgehead atoms. The topological polar surface area (TPSA) is 71.3 Å². The lowest BCUT2D eigenvalue weighted by atomic mass is 9.79. The number of furan rings is 1. The van der Waals surface area contributed by atoms with Crippen LogP contribution in [0, 0.1) is 5.92 Å². The molecule has 0 unspecified atom stereocenters. The van der Waals surface area contributed by atoms with Gasteiger partial charge >= 0.3 is 6.03 Å². The van der Waals surface area contributed by atoms with Gasteiger partial charge in [-0.05, 0) is 43.7 Å². The van der Waals surface area contributed by atoms with Crippen molar-refractivity contribution in [1.82, 2.24) is 15.1 Å². The fourth-order valence-electron chi connectivity index (χ4n) is 3.30. The molecule has 1 aliphatic carbocycles. The molecule has 0 radical (unpaired) electrons. The number of anilines is 1. The molecule has 4 rings (SSSR count). The van der Waals surface area contributed by atoms with Crippen LogP contribution in [0.25, 0.3) is 10.8 Å². The van der Waals surface area contributed by atoms with Gasteiger partial charge in [0.2, 0.25) is 5.13 Å². The van der Waals surface area contributed by atoms with Gasteiger partial charge in [-0.3, -0.25) is 5.32 Å². The highest BCUT2D eigenvalue weighted by Gasteiger charge is 2.37. The molecule has 1 atom stereocenters. The van der Waals surface area contributed by atoms with Gasteiger partial charge in [0.05, 0.1) is 6.26 Å². The highest BCUT2D eigenvalue weighted by Crippen LogP contribution is 2.37. The van der Waals surface area contributed by atoms with Crippen LogP contribution >= 0.6 is 11.3 Å². The monoisotopic (exact) mass is 318 g/mol. The van der Waals surface area contributed by atoms with Crippen LogP contribution in [-0.2, 0) is 0 Å². The minimum atomic E-state index is -0.0449. The van der Waals surface area contributed by atoms with Gasteiger partial charge in [0.25, 0.3) is 0 Å². The largest absolute Gasteiger partial charge is 0.462 e. The summed E-state index contributed by atoms with van der Waals surface area (Å²) < 4.78 is 5.29. The summed E-state index contributed by atoms with van der Waals surface area (Å²) in [6.45, 7) is 0.844. The van der Waals surface area contributed by atoms with Crippen LogP contribution in [0.5, 0.6) is 0 Å². The number of carbonyl (C=O) groups excluding carboxylic acids is 1. The van der Waals surface area contributed by atoms with Gasteiger partial charge in [0.15, 0.2) is 10.8 Å². The third-order valence-corrected chi connectivity index (χ3v) is 5.48. The van der Waals surface area contributed by atoms with E-state index in [4.69, 9.17) is 4.42 Å². The summed E-state index contributed by atoms with van der Waals surface area (Å²) in [5, 5.41) is 12.2. The van der Waals surface area contributed by atoms with Crippen LogP contribution in [-0.4, -0.2) is 33.7 Å². The molecule has 2 fully saturated rings. The summed E-state index contributed by atoms with van der Waals surface area (Å²) in [5.41, 5.74) is 0. The van der Waals surface area contributed by atoms with E-state index in [2.05, 4.69) is 15.5 Å². The number of aromatic nitrogens is 2. The van der Waals surface area contributed by atoms with E-state index in [1.54, 1.807) is 6.26 Å². The molecule has 1 aliphatic heterocycles. The van der Waals surface area contributed by atoms with Crippen LogP contribution < -0.4 is 5.32 Å². The Hall–Kier alpha value is -1.89. The van der Waals surface area contributed by atoms with Crippen molar-refractivity contribution in [3.63, 3.8) is 0 Å². The number of rotatable bonds is 3. The second-order valence-electron chi connectivity index (χ2n) is 5.91. The second kappa shape index (κ2) is 5.72. The number of hydrogen-bond donors (Lipinski definition) is 1. The first-order valence-electron chi connectivity index (χ1n) is 7.76. The Kier molecular flexibility index (Phi) is 3.57. The number of urea groups is 1. The normalized spacial score (nSPS) is 21.8. The van der Waals surface area contributed by atoms with E-state index in [0.29, 0.717) is 27.9 Å². The van der Waals surface area contributed by atoms with Gasteiger partial charge in [-0.15, -0.1) is 10.2 Å². The summed E-state index contributed by atoms with van der Waals surface area (Å²) in [5.74, 6) is 1.37. The molecule has 116 valence electrons. The third kappa shape index (κ3) is 2.49. The molecule has 2 aliphatic rings. The van der Waals surface area contributed by atoms with Crippen molar-refractivity contribution in [2.45, 2.75) is 38.1 Å². The van der Waals surface area contributed by atoms with Crippen molar-refractivity contribution in [1.29, 1.82) is 0 Å². The van der Waals surface area contributed by atoms with Crippen molar-refractivity contribution >= 4 is 22.5 Å². The molecule has 2 aromatic rings. The fraction of sp³-hybridized carbons (Fsp3) is 0.533. The summed E-state index contributed by atoms with van der Waals surface area (Å²) >= 11 is 1.33. The lowest BCUT2D eigenvalue weighted by molar-refractivity contribution is 0.148. The zero-order valence-electron chi connectivity index (χ0n) is 12.2. The minimum Gasteiger partial charge on any atom is -0.462 e. The first-order valence-corrected chi connectivity index (χ1v) is 8.58. The van der Waals surface area contributed by atoms with Crippen LogP contribution in [0.1, 0.15) is 32.1 Å². The maximum atomic E-state index is 12.5. The zero-order chi connectivity index (χ0) is 14.9. The Bertz CT molecular complexity index is 650. The summed E-state index contributed by atoms with van der Waals surface area (Å²) in [4.78, 5) is 14.5. The smallest absolute Gasteiger partial charge is 0.323 e. The van der Waals surface area contributed by atoms with E-state index >= 15 is 0 Å². The van der Waals surface area contributed by atoms with Crippen LogP contribution in [0.15, 0.2) is 22.8 Å². The molecule has 2 amide bonds. The van der Waals surface area contributed by atoms with Crippen molar-refractivity contribution in [3.8, 4) is 10.8 Å². The van der Waals surface area contributed by atoms with Gasteiger partial charge in [-0.1, -0.05) is 17.8 Å². The Morgan fingerprint density at radius 1 is 1.32 bits per heavy atom. The van der Waals surface area contributed by atoms with E-state index in [0.717, 1.165) is 19.4 Å². The van der Waals surface area contributed by atoms with E-state index in [-0.39, 0.29) is 6.03 Å². The molecule has 22 heavy (non-hydrogen) atoms. The average molecular weight is 318 g/mol. The predicted octanol–water partition coefficient (Wildman–Crippen LogP) is 3.59. The number of nitrogens with one attached hydrogen (secondary N) is 1. The van der Waals surface area contributed by atoms with Crippen molar-refractivity contribution in [3.05, 3.63) is 18.4 Å². The van der Waals surface area contributed by atoms with Crippen molar-refractivity contribution in [2.24, 2.45) is 5.92 Å². The second-order valence-corrected chi connectivity index (χ2v) is 6.89. The average Bonchev–Trinajstić information content (AvgIpc) is 3.17. The number of amides is 2. The van der Waals surface area contributed by atoms with Gasteiger partial charge < -0.3 is 9.32 Å². The van der Waals surface area contributed by atoms with Gasteiger partial charge in [-0.25, -0.2) is 4.79 Å². The third-order valence-electron chi connectivity index (χ3n) is 4.62. The minimum absolute atomic E-state index is 0.0449. The number of hydrogen-bond acceptors (Lipinski definition) is 5. The molecule has 6 nitrogen and oxygen atoms in total. The first kappa shape index (κ1) is 13.8. The fourth-order valence-corrected chi connectivity index (χ4v) is 4.00. The summed E-state index contributed by atoms with van der Waals surface area (Å²) in [6.07, 6.45) is 7.65. The summed E-state index contributed by atoms with van der Waals surface area (Å²) in [7, 11) is 0. The molecule has 7 heteroatoms. The molecule has 1 saturated heterocycles. The van der Waals surface area contributed by atoms with Crippen molar-refractivity contribution in [2.75, 3.05) is 11.9 Å². The highest BCUT2D eigenvalue weighted by atomic mass is 32.1. The maximum absolute atomic E-state index is 12.5. The predicted molar refractivity (Wildman–Crippen MR) is 83.7 cm³/mol. The lowest BCUT2D eigenvalue weighted by Crippen LogP contribution is -2.44. The Labute approximate surface area is 132 Å². The first-order chi connectivity index (χ1) is 10.8. The molecule has 1 N–H and O–H groups in total. The van der Waals surface area contributed by atoms with E-state index in [9.17, 15) is 4.79 Å². The van der Waals surface area contributed by atoms with E-state index in [1.165, 1.54) is 30.6 Å². The van der Waals surface area contributed by atoms with Crippen LogP contribution in [0.3, 0.4) is 0 Å². The summed E-state index contributed by atoms with van der Waals surface area (Å²) in [6, 6.07) is 4.00. The Balaban J connectivity index is 1.43. The standard InChI is InChI=1S/C15H18N4O2S/c20-15(19-8-2-6-11(19)10-4-1-5-10)16-14-18-17-13(22-14)12-7-3-9-21-12/h3,7,9-11H,1-2,4-6,8H2,(H,16,18,20)/t11-/m1/s1. The van der Waals surface area contributed by atoms with E-state index < -0.39 is 0 Å². The number of nitrogens with zero attached hydrogens (tertiary/aromatic N) is 3. The van der Waals surface area contributed by atoms with Crippen molar-refractivity contribution < 1.29 is 9.21 Å². The quantitative estimate of drug-likeness (QED) is 0.938. The van der Waals surface area contributed by atoms with Crippen LogP contribution in [0.4, 0.5) is 9.93 Å². The molecule has 0 spiro atoms. The highest BCUT2D eigenvalue weighted by molar-refractivity contribution is 7.18. The molecule has 2 aromatic heterocycles. The molecular weight excluding hydrogens is 300 g/mol. The number of likely N-dealkylation sites (tertiary alicyclic amines) is 1. The van der Waals surface area contributed by atoms with Gasteiger partial charge in [0, 0.05) is 12.6 Å². The maximum Gasteiger partial charge on any atom is 0.323 e. The Morgan fingerprint density at radius 3 is 2.95 bits per heavy atom. The van der Waals surface area contributed by atoms with Gasteiger partial charge in [-0.2, -0.15) is 0 Å². The lowest BCUT2D eigenvalue weighted by Gasteiger charge is -2.36. The molecule has 1 saturated carbocycles. The number of carbonyl (C=O) groups is 1. The molecule has 3 heterocycles. The Morgan fingerprint density at radius 2 is 2.23 bits per heavy atom. The molecule has 0 aromatic carbocycles. The van der Waals surface area contributed by atoms with Crippen LogP contribution in [0.2, 0.25) is 0 Å². The SMILES string of the molecule is O=C(Nc1nnc(-c2ccco2)s1)N1CCC[C@@H]1C1CCC1. The zero-order valence-corrected chi connectivity index (χ0v) is 13.0. The van der Waals surface area contributed by atoms with Gasteiger partial charge in [0.1, 0.15) is 0 Å². The molecular formula is C15H18N4O2S. The van der Waals surface area contributed by atoms with E-state index in [1.807, 2.05) is 17.0 Å².